The smallest absolute Gasteiger partial charge is 0.251 e. The summed E-state index contributed by atoms with van der Waals surface area (Å²) >= 11 is 0. The first kappa shape index (κ1) is 10.4. The Labute approximate surface area is 77.1 Å². The highest BCUT2D eigenvalue weighted by Gasteiger charge is 2.20. The van der Waals surface area contributed by atoms with Crippen LogP contribution in [0.2, 0.25) is 0 Å². The molecule has 74 valence electrons. The second kappa shape index (κ2) is 5.13. The van der Waals surface area contributed by atoms with Crippen LogP contribution in [-0.2, 0) is 0 Å². The van der Waals surface area contributed by atoms with E-state index < -0.39 is 6.43 Å². The van der Waals surface area contributed by atoms with Crippen LogP contribution in [0.3, 0.4) is 0 Å². The molecule has 0 aromatic rings. The summed E-state index contributed by atoms with van der Waals surface area (Å²) < 4.78 is 23.9. The average molecular weight is 188 g/mol. The van der Waals surface area contributed by atoms with Gasteiger partial charge in [-0.3, -0.25) is 4.90 Å². The Balaban J connectivity index is 2.19. The van der Waals surface area contributed by atoms with Crippen molar-refractivity contribution < 1.29 is 8.78 Å². The van der Waals surface area contributed by atoms with Gasteiger partial charge in [0.05, 0.1) is 12.6 Å². The molecule has 0 aliphatic carbocycles. The molecule has 1 rings (SSSR count). The number of rotatable bonds is 3. The maximum atomic E-state index is 12.0. The normalized spacial score (nSPS) is 20.5. The number of likely N-dealkylation sites (tertiary alicyclic amines) is 1. The van der Waals surface area contributed by atoms with Gasteiger partial charge in [-0.15, -0.1) is 0 Å². The predicted octanol–water partition coefficient (Wildman–Crippen LogP) is 1.88. The van der Waals surface area contributed by atoms with E-state index in [1.807, 2.05) is 0 Å². The Kier molecular flexibility index (Phi) is 4.10. The molecule has 0 aromatic carbocycles. The Morgan fingerprint density at radius 2 is 2.00 bits per heavy atom. The molecule has 0 N–H and O–H groups in total. The third-order valence-corrected chi connectivity index (χ3v) is 2.48. The van der Waals surface area contributed by atoms with E-state index in [1.165, 1.54) is 0 Å². The zero-order valence-electron chi connectivity index (χ0n) is 7.55. The molecule has 0 spiro atoms. The van der Waals surface area contributed by atoms with Gasteiger partial charge in [0, 0.05) is 6.42 Å². The molecule has 1 saturated heterocycles. The van der Waals surface area contributed by atoms with Crippen LogP contribution in [0.4, 0.5) is 8.78 Å². The zero-order chi connectivity index (χ0) is 9.68. The maximum absolute atomic E-state index is 12.0. The number of nitrogens with zero attached hydrogens (tertiary/aromatic N) is 2. The Morgan fingerprint density at radius 3 is 2.46 bits per heavy atom. The van der Waals surface area contributed by atoms with Gasteiger partial charge in [0.2, 0.25) is 0 Å². The molecule has 4 heteroatoms. The largest absolute Gasteiger partial charge is 0.298 e. The molecule has 2 nitrogen and oxygen atoms in total. The first-order valence-corrected chi connectivity index (χ1v) is 4.60. The van der Waals surface area contributed by atoms with Crippen molar-refractivity contribution in [2.45, 2.75) is 25.7 Å². The first-order chi connectivity index (χ1) is 6.22. The molecule has 0 radical (unpaired) electrons. The Hall–Kier alpha value is -0.690. The summed E-state index contributed by atoms with van der Waals surface area (Å²) in [5.74, 6) is 0.430. The average Bonchev–Trinajstić information content (AvgIpc) is 2.08. The van der Waals surface area contributed by atoms with E-state index in [0.717, 1.165) is 25.9 Å². The summed E-state index contributed by atoms with van der Waals surface area (Å²) in [6.45, 7) is 1.33. The number of hydrogen-bond acceptors (Lipinski definition) is 2. The highest BCUT2D eigenvalue weighted by molar-refractivity contribution is 4.80. The van der Waals surface area contributed by atoms with Crippen molar-refractivity contribution in [3.8, 4) is 6.07 Å². The van der Waals surface area contributed by atoms with Crippen LogP contribution < -0.4 is 0 Å². The van der Waals surface area contributed by atoms with Gasteiger partial charge in [0.25, 0.3) is 6.43 Å². The van der Waals surface area contributed by atoms with Crippen LogP contribution in [0.5, 0.6) is 0 Å². The number of halogens is 2. The number of nitriles is 1. The second-order valence-electron chi connectivity index (χ2n) is 3.50. The number of hydrogen-bond donors (Lipinski definition) is 0. The van der Waals surface area contributed by atoms with E-state index in [-0.39, 0.29) is 6.54 Å². The van der Waals surface area contributed by atoms with Crippen LogP contribution in [0.25, 0.3) is 0 Å². The molecule has 0 amide bonds. The fourth-order valence-corrected chi connectivity index (χ4v) is 1.70. The quantitative estimate of drug-likeness (QED) is 0.676. The Bertz CT molecular complexity index is 181. The lowest BCUT2D eigenvalue weighted by Crippen LogP contribution is -2.36. The molecular weight excluding hydrogens is 174 g/mol. The first-order valence-electron chi connectivity index (χ1n) is 4.60. The van der Waals surface area contributed by atoms with Crippen LogP contribution in [-0.4, -0.2) is 31.0 Å². The fraction of sp³-hybridized carbons (Fsp3) is 0.889. The molecular formula is C9H14F2N2. The molecule has 0 aromatic heterocycles. The minimum Gasteiger partial charge on any atom is -0.298 e. The van der Waals surface area contributed by atoms with Crippen molar-refractivity contribution in [3.63, 3.8) is 0 Å². The SMILES string of the molecule is N#CCC1CCN(CC(F)F)CC1. The lowest BCUT2D eigenvalue weighted by Gasteiger charge is -2.30. The molecule has 1 heterocycles. The van der Waals surface area contributed by atoms with Gasteiger partial charge >= 0.3 is 0 Å². The van der Waals surface area contributed by atoms with Gasteiger partial charge in [0.15, 0.2) is 0 Å². The number of piperidine rings is 1. The van der Waals surface area contributed by atoms with E-state index >= 15 is 0 Å². The van der Waals surface area contributed by atoms with Crippen molar-refractivity contribution in [3.05, 3.63) is 0 Å². The second-order valence-corrected chi connectivity index (χ2v) is 3.50. The van der Waals surface area contributed by atoms with Crippen LogP contribution in [0.15, 0.2) is 0 Å². The van der Waals surface area contributed by atoms with E-state index in [0.29, 0.717) is 12.3 Å². The third kappa shape index (κ3) is 3.69. The molecule has 1 fully saturated rings. The third-order valence-electron chi connectivity index (χ3n) is 2.48. The van der Waals surface area contributed by atoms with Crippen molar-refractivity contribution in [1.29, 1.82) is 5.26 Å². The molecule has 1 aliphatic heterocycles. The molecule has 0 bridgehead atoms. The van der Waals surface area contributed by atoms with Crippen molar-refractivity contribution >= 4 is 0 Å². The van der Waals surface area contributed by atoms with Crippen molar-refractivity contribution in [2.24, 2.45) is 5.92 Å². The zero-order valence-corrected chi connectivity index (χ0v) is 7.55. The predicted molar refractivity (Wildman–Crippen MR) is 45.4 cm³/mol. The van der Waals surface area contributed by atoms with E-state index in [4.69, 9.17) is 5.26 Å². The van der Waals surface area contributed by atoms with Crippen LogP contribution in [0.1, 0.15) is 19.3 Å². The molecule has 0 saturated carbocycles. The Morgan fingerprint density at radius 1 is 1.38 bits per heavy atom. The van der Waals surface area contributed by atoms with Gasteiger partial charge < -0.3 is 0 Å². The highest BCUT2D eigenvalue weighted by atomic mass is 19.3. The van der Waals surface area contributed by atoms with Gasteiger partial charge in [0.1, 0.15) is 0 Å². The minimum atomic E-state index is -2.23. The van der Waals surface area contributed by atoms with Crippen molar-refractivity contribution in [1.82, 2.24) is 4.90 Å². The summed E-state index contributed by atoms with van der Waals surface area (Å²) in [5, 5.41) is 8.45. The summed E-state index contributed by atoms with van der Waals surface area (Å²) in [5.41, 5.74) is 0. The highest BCUT2D eigenvalue weighted by Crippen LogP contribution is 2.20. The van der Waals surface area contributed by atoms with Gasteiger partial charge in [-0.2, -0.15) is 5.26 Å². The van der Waals surface area contributed by atoms with Gasteiger partial charge in [-0.05, 0) is 31.8 Å². The molecule has 0 atom stereocenters. The minimum absolute atomic E-state index is 0.112. The molecule has 13 heavy (non-hydrogen) atoms. The lowest BCUT2D eigenvalue weighted by atomic mass is 9.94. The van der Waals surface area contributed by atoms with Crippen LogP contribution in [0, 0.1) is 17.2 Å². The standard InChI is InChI=1S/C9H14F2N2/c10-9(11)7-13-5-2-8(1-4-12)3-6-13/h8-9H,1-3,5-7H2. The monoisotopic (exact) mass is 188 g/mol. The fourth-order valence-electron chi connectivity index (χ4n) is 1.70. The van der Waals surface area contributed by atoms with Crippen LogP contribution >= 0.6 is 0 Å². The maximum Gasteiger partial charge on any atom is 0.251 e. The van der Waals surface area contributed by atoms with Gasteiger partial charge in [-0.25, -0.2) is 8.78 Å². The van der Waals surface area contributed by atoms with Gasteiger partial charge in [-0.1, -0.05) is 0 Å². The van der Waals surface area contributed by atoms with E-state index in [9.17, 15) is 8.78 Å². The topological polar surface area (TPSA) is 27.0 Å². The summed E-state index contributed by atoms with van der Waals surface area (Å²) in [4.78, 5) is 1.78. The summed E-state index contributed by atoms with van der Waals surface area (Å²) in [7, 11) is 0. The van der Waals surface area contributed by atoms with E-state index in [2.05, 4.69) is 6.07 Å². The van der Waals surface area contributed by atoms with E-state index in [1.54, 1.807) is 4.90 Å². The van der Waals surface area contributed by atoms with Crippen molar-refractivity contribution in [2.75, 3.05) is 19.6 Å². The molecule has 1 aliphatic rings. The summed E-state index contributed by atoms with van der Waals surface area (Å²) in [6, 6.07) is 2.13. The number of alkyl halides is 2. The molecule has 0 unspecified atom stereocenters. The summed E-state index contributed by atoms with van der Waals surface area (Å²) in [6.07, 6.45) is 0.121. The lowest BCUT2D eigenvalue weighted by molar-refractivity contribution is 0.0695.